The number of carbonyl (C=O) groups is 2. The zero-order valence-electron chi connectivity index (χ0n) is 19.1. The number of hydrogen-bond donors (Lipinski definition) is 2. The summed E-state index contributed by atoms with van der Waals surface area (Å²) in [6.07, 6.45) is -4.07. The lowest BCUT2D eigenvalue weighted by Crippen LogP contribution is -2.54. The fourth-order valence-electron chi connectivity index (χ4n) is 5.19. The number of hydrogen-bond acceptors (Lipinski definition) is 3. The van der Waals surface area contributed by atoms with Crippen molar-refractivity contribution >= 4 is 23.4 Å². The van der Waals surface area contributed by atoms with Crippen LogP contribution in [-0.4, -0.2) is 54.7 Å². The Morgan fingerprint density at radius 1 is 1.11 bits per heavy atom. The van der Waals surface area contributed by atoms with Crippen molar-refractivity contribution in [2.75, 3.05) is 26.7 Å². The molecule has 2 aromatic carbocycles. The first-order chi connectivity index (χ1) is 16.6. The van der Waals surface area contributed by atoms with Crippen molar-refractivity contribution in [2.45, 2.75) is 37.3 Å². The van der Waals surface area contributed by atoms with Crippen molar-refractivity contribution in [1.82, 2.24) is 10.2 Å². The fraction of sp³-hybridized carbons (Fsp3) is 0.440. The zero-order valence-corrected chi connectivity index (χ0v) is 19.9. The van der Waals surface area contributed by atoms with Gasteiger partial charge in [0.2, 0.25) is 11.8 Å². The highest BCUT2D eigenvalue weighted by Crippen LogP contribution is 2.51. The van der Waals surface area contributed by atoms with Gasteiger partial charge in [0.05, 0.1) is 0 Å². The maximum atomic E-state index is 14.7. The molecule has 2 fully saturated rings. The van der Waals surface area contributed by atoms with E-state index >= 15 is 0 Å². The van der Waals surface area contributed by atoms with Crippen LogP contribution >= 0.6 is 11.6 Å². The Kier molecular flexibility index (Phi) is 8.43. The van der Waals surface area contributed by atoms with Crippen LogP contribution in [0.4, 0.5) is 17.6 Å². The number of alkyl halides is 3. The van der Waals surface area contributed by atoms with Crippen LogP contribution in [0, 0.1) is 11.2 Å². The van der Waals surface area contributed by atoms with E-state index in [1.165, 1.54) is 41.3 Å². The number of halogens is 5. The lowest BCUT2D eigenvalue weighted by Gasteiger charge is -2.49. The van der Waals surface area contributed by atoms with Crippen LogP contribution in [0.3, 0.4) is 0 Å². The van der Waals surface area contributed by atoms with E-state index in [1.807, 2.05) is 0 Å². The molecule has 2 N–H and O–H groups in total. The normalized spacial score (nSPS) is 20.5. The maximum Gasteiger partial charge on any atom is 0.404 e. The van der Waals surface area contributed by atoms with Gasteiger partial charge in [-0.3, -0.25) is 9.59 Å². The van der Waals surface area contributed by atoms with E-state index in [0.29, 0.717) is 5.56 Å². The van der Waals surface area contributed by atoms with Gasteiger partial charge < -0.3 is 15.3 Å². The highest BCUT2D eigenvalue weighted by atomic mass is 35.5. The second kappa shape index (κ2) is 11.0. The molecule has 0 aliphatic carbocycles. The highest BCUT2D eigenvalue weighted by Gasteiger charge is 2.51. The summed E-state index contributed by atoms with van der Waals surface area (Å²) in [4.78, 5) is 26.5. The van der Waals surface area contributed by atoms with Gasteiger partial charge in [-0.15, -0.1) is 0 Å². The molecule has 0 bridgehead atoms. The standard InChI is InChI=1S/C24H23ClF4N2O2.CH4O/c25-17-7-4-8-18(26)20(17)16-14-30-19(32)13-23(16)9-11-31(12-10-23)22(33)21(24(27,28)29)15-5-2-1-3-6-15;1-2/h1-8,16,21H,9-14H2,(H,30,32);2H,1H3. The molecule has 1 spiro atoms. The summed E-state index contributed by atoms with van der Waals surface area (Å²) in [6.45, 7) is 0.283. The number of benzene rings is 2. The van der Waals surface area contributed by atoms with E-state index in [1.54, 1.807) is 12.1 Å². The first kappa shape index (κ1) is 26.9. The number of carbonyl (C=O) groups excluding carboxylic acids is 2. The van der Waals surface area contributed by atoms with Crippen molar-refractivity contribution in [3.05, 3.63) is 70.5 Å². The Morgan fingerprint density at radius 2 is 1.74 bits per heavy atom. The van der Waals surface area contributed by atoms with Crippen LogP contribution in [0.2, 0.25) is 5.02 Å². The smallest absolute Gasteiger partial charge is 0.400 e. The molecule has 4 rings (SSSR count). The van der Waals surface area contributed by atoms with Crippen LogP contribution in [0.15, 0.2) is 48.5 Å². The molecule has 2 heterocycles. The zero-order chi connectivity index (χ0) is 25.8. The van der Waals surface area contributed by atoms with Gasteiger partial charge in [-0.05, 0) is 36.0 Å². The molecular weight excluding hydrogens is 488 g/mol. The van der Waals surface area contributed by atoms with E-state index < -0.39 is 35.2 Å². The minimum atomic E-state index is -4.73. The van der Waals surface area contributed by atoms with Crippen molar-refractivity contribution in [2.24, 2.45) is 5.41 Å². The molecule has 2 atom stereocenters. The second-order valence-corrected chi connectivity index (χ2v) is 9.15. The quantitative estimate of drug-likeness (QED) is 0.586. The van der Waals surface area contributed by atoms with Crippen molar-refractivity contribution in [1.29, 1.82) is 0 Å². The Morgan fingerprint density at radius 3 is 2.31 bits per heavy atom. The lowest BCUT2D eigenvalue weighted by atomic mass is 9.62. The summed E-state index contributed by atoms with van der Waals surface area (Å²) in [5.41, 5.74) is -0.495. The van der Waals surface area contributed by atoms with Crippen LogP contribution in [0.5, 0.6) is 0 Å². The molecule has 0 aromatic heterocycles. The molecule has 2 aliphatic heterocycles. The molecule has 2 aromatic rings. The van der Waals surface area contributed by atoms with Crippen LogP contribution in [0.25, 0.3) is 0 Å². The van der Waals surface area contributed by atoms with Gasteiger partial charge >= 0.3 is 6.18 Å². The summed E-state index contributed by atoms with van der Waals surface area (Å²) < 4.78 is 56.2. The molecule has 10 heteroatoms. The average Bonchev–Trinajstić information content (AvgIpc) is 2.82. The lowest BCUT2D eigenvalue weighted by molar-refractivity contribution is -0.173. The summed E-state index contributed by atoms with van der Waals surface area (Å²) in [7, 11) is 1.00. The van der Waals surface area contributed by atoms with Crippen LogP contribution in [0.1, 0.15) is 42.2 Å². The largest absolute Gasteiger partial charge is 0.404 e. The Bertz CT molecular complexity index is 1020. The third-order valence-corrected chi connectivity index (χ3v) is 7.21. The number of piperidine rings is 2. The molecule has 2 unspecified atom stereocenters. The summed E-state index contributed by atoms with van der Waals surface area (Å²) in [5, 5.41) is 10.0. The van der Waals surface area contributed by atoms with Crippen LogP contribution < -0.4 is 5.32 Å². The van der Waals surface area contributed by atoms with E-state index in [9.17, 15) is 27.2 Å². The number of aliphatic hydroxyl groups excluding tert-OH is 1. The first-order valence-electron chi connectivity index (χ1n) is 11.2. The molecular formula is C25H27ClF4N2O3. The van der Waals surface area contributed by atoms with E-state index in [0.717, 1.165) is 7.11 Å². The molecule has 2 amide bonds. The minimum absolute atomic E-state index is 0.0497. The second-order valence-electron chi connectivity index (χ2n) is 8.74. The monoisotopic (exact) mass is 514 g/mol. The Balaban J connectivity index is 0.00000167. The minimum Gasteiger partial charge on any atom is -0.400 e. The number of likely N-dealkylation sites (tertiary alicyclic amines) is 1. The maximum absolute atomic E-state index is 14.7. The SMILES string of the molecule is CO.O=C1CC2(CCN(C(=O)C(c3ccccc3)C(F)(F)F)CC2)C(c2c(F)cccc2Cl)CN1. The van der Waals surface area contributed by atoms with E-state index in [4.69, 9.17) is 16.7 Å². The number of amides is 2. The molecule has 35 heavy (non-hydrogen) atoms. The van der Waals surface area contributed by atoms with Gasteiger partial charge in [-0.2, -0.15) is 13.2 Å². The molecule has 2 saturated heterocycles. The topological polar surface area (TPSA) is 69.6 Å². The van der Waals surface area contributed by atoms with Gasteiger partial charge in [0.15, 0.2) is 5.92 Å². The van der Waals surface area contributed by atoms with E-state index in [-0.39, 0.29) is 55.4 Å². The van der Waals surface area contributed by atoms with Gasteiger partial charge in [-0.1, -0.05) is 48.0 Å². The van der Waals surface area contributed by atoms with Crippen molar-refractivity contribution in [3.63, 3.8) is 0 Å². The van der Waals surface area contributed by atoms with Gasteiger partial charge in [0.1, 0.15) is 5.82 Å². The highest BCUT2D eigenvalue weighted by molar-refractivity contribution is 6.31. The average molecular weight is 515 g/mol. The van der Waals surface area contributed by atoms with Crippen LogP contribution in [-0.2, 0) is 9.59 Å². The van der Waals surface area contributed by atoms with Crippen molar-refractivity contribution < 1.29 is 32.3 Å². The van der Waals surface area contributed by atoms with Gasteiger partial charge in [0.25, 0.3) is 0 Å². The number of nitrogens with one attached hydrogen (secondary N) is 1. The van der Waals surface area contributed by atoms with Gasteiger partial charge in [0, 0.05) is 49.7 Å². The van der Waals surface area contributed by atoms with E-state index in [2.05, 4.69) is 5.32 Å². The third-order valence-electron chi connectivity index (χ3n) is 6.88. The number of nitrogens with zero attached hydrogens (tertiary/aromatic N) is 1. The molecule has 5 nitrogen and oxygen atoms in total. The van der Waals surface area contributed by atoms with Crippen molar-refractivity contribution in [3.8, 4) is 0 Å². The Labute approximate surface area is 206 Å². The predicted molar refractivity (Wildman–Crippen MR) is 123 cm³/mol. The Hall–Kier alpha value is -2.65. The summed E-state index contributed by atoms with van der Waals surface area (Å²) in [5.74, 6) is -4.38. The number of aliphatic hydroxyl groups is 1. The molecule has 0 saturated carbocycles. The molecule has 0 radical (unpaired) electrons. The first-order valence-corrected chi connectivity index (χ1v) is 11.6. The fourth-order valence-corrected chi connectivity index (χ4v) is 5.48. The third kappa shape index (κ3) is 5.62. The summed E-state index contributed by atoms with van der Waals surface area (Å²) in [6, 6.07) is 11.5. The summed E-state index contributed by atoms with van der Waals surface area (Å²) >= 11 is 6.30. The predicted octanol–water partition coefficient (Wildman–Crippen LogP) is 4.65. The number of rotatable bonds is 3. The van der Waals surface area contributed by atoms with Gasteiger partial charge in [-0.25, -0.2) is 4.39 Å². The molecule has 190 valence electrons. The molecule has 2 aliphatic rings.